The van der Waals surface area contributed by atoms with Crippen LogP contribution in [0.4, 0.5) is 0 Å². The molecule has 6 heteroatoms. The number of para-hydroxylation sites is 2. The molecule has 0 heterocycles. The van der Waals surface area contributed by atoms with Crippen LogP contribution in [0.5, 0.6) is 11.5 Å². The molecular formula is C19H25ClN2O3. The first kappa shape index (κ1) is 20.8. The van der Waals surface area contributed by atoms with Crippen LogP contribution < -0.4 is 20.5 Å². The van der Waals surface area contributed by atoms with Gasteiger partial charge in [0.05, 0.1) is 13.7 Å². The molecule has 0 radical (unpaired) electrons. The van der Waals surface area contributed by atoms with Gasteiger partial charge in [0, 0.05) is 0 Å². The van der Waals surface area contributed by atoms with E-state index in [2.05, 4.69) is 5.32 Å². The number of ether oxygens (including phenoxy) is 2. The second-order valence-corrected chi connectivity index (χ2v) is 5.71. The number of carbonyl (C=O) groups excluding carboxylic acids is 1. The maximum Gasteiger partial charge on any atom is 0.241 e. The lowest BCUT2D eigenvalue weighted by atomic mass is 10.1. The maximum absolute atomic E-state index is 12.2. The van der Waals surface area contributed by atoms with Crippen LogP contribution >= 0.6 is 12.4 Å². The van der Waals surface area contributed by atoms with Gasteiger partial charge in [0.25, 0.3) is 0 Å². The van der Waals surface area contributed by atoms with Crippen LogP contribution in [-0.4, -0.2) is 25.7 Å². The standard InChI is InChI=1S/C19H24N2O3.ClH/c1-13-8-10-15(11-9-13)18(20)19(22)21-12-14(2)24-17-7-5-4-6-16(17)23-3;/h4-11,14,18H,12,20H2,1-3H3,(H,21,22);1H. The van der Waals surface area contributed by atoms with Crippen LogP contribution in [0, 0.1) is 6.92 Å². The molecule has 0 spiro atoms. The van der Waals surface area contributed by atoms with Crippen molar-refractivity contribution in [1.82, 2.24) is 5.32 Å². The molecule has 1 amide bonds. The smallest absolute Gasteiger partial charge is 0.241 e. The van der Waals surface area contributed by atoms with Gasteiger partial charge in [0.1, 0.15) is 12.1 Å². The monoisotopic (exact) mass is 364 g/mol. The predicted octanol–water partition coefficient (Wildman–Crippen LogP) is 3.01. The van der Waals surface area contributed by atoms with Crippen LogP contribution in [0.15, 0.2) is 48.5 Å². The van der Waals surface area contributed by atoms with Gasteiger partial charge in [-0.25, -0.2) is 0 Å². The van der Waals surface area contributed by atoms with Crippen LogP contribution in [0.3, 0.4) is 0 Å². The van der Waals surface area contributed by atoms with Gasteiger partial charge in [-0.2, -0.15) is 0 Å². The zero-order valence-electron chi connectivity index (χ0n) is 14.7. The lowest BCUT2D eigenvalue weighted by Gasteiger charge is -2.19. The van der Waals surface area contributed by atoms with Crippen molar-refractivity contribution in [2.24, 2.45) is 5.73 Å². The fourth-order valence-corrected chi connectivity index (χ4v) is 2.25. The molecule has 0 aliphatic heterocycles. The number of carbonyl (C=O) groups is 1. The van der Waals surface area contributed by atoms with E-state index in [1.165, 1.54) is 0 Å². The van der Waals surface area contributed by atoms with E-state index in [1.807, 2.05) is 62.4 Å². The summed E-state index contributed by atoms with van der Waals surface area (Å²) in [7, 11) is 1.59. The van der Waals surface area contributed by atoms with Crippen LogP contribution in [0.1, 0.15) is 24.1 Å². The van der Waals surface area contributed by atoms with Crippen LogP contribution in [-0.2, 0) is 4.79 Å². The minimum absolute atomic E-state index is 0. The summed E-state index contributed by atoms with van der Waals surface area (Å²) in [5, 5.41) is 2.82. The Morgan fingerprint density at radius 1 is 1.12 bits per heavy atom. The number of halogens is 1. The van der Waals surface area contributed by atoms with Crippen molar-refractivity contribution in [3.63, 3.8) is 0 Å². The van der Waals surface area contributed by atoms with Crippen molar-refractivity contribution < 1.29 is 14.3 Å². The third kappa shape index (κ3) is 5.96. The van der Waals surface area contributed by atoms with Gasteiger partial charge in [-0.05, 0) is 31.5 Å². The highest BCUT2D eigenvalue weighted by molar-refractivity contribution is 5.85. The molecule has 0 aliphatic rings. The van der Waals surface area contributed by atoms with E-state index in [0.29, 0.717) is 18.0 Å². The Morgan fingerprint density at radius 3 is 2.32 bits per heavy atom. The van der Waals surface area contributed by atoms with Gasteiger partial charge in [-0.3, -0.25) is 4.79 Å². The number of benzene rings is 2. The minimum Gasteiger partial charge on any atom is -0.493 e. The lowest BCUT2D eigenvalue weighted by molar-refractivity contribution is -0.122. The Bertz CT molecular complexity index is 677. The van der Waals surface area contributed by atoms with E-state index in [9.17, 15) is 4.79 Å². The molecule has 5 nitrogen and oxygen atoms in total. The topological polar surface area (TPSA) is 73.6 Å². The molecule has 2 atom stereocenters. The number of hydrogen-bond acceptors (Lipinski definition) is 4. The molecule has 2 aromatic carbocycles. The Kier molecular flexibility index (Phi) is 8.25. The third-order valence-corrected chi connectivity index (χ3v) is 3.68. The maximum atomic E-state index is 12.2. The molecule has 25 heavy (non-hydrogen) atoms. The third-order valence-electron chi connectivity index (χ3n) is 3.68. The zero-order chi connectivity index (χ0) is 17.5. The number of nitrogens with two attached hydrogens (primary N) is 1. The summed E-state index contributed by atoms with van der Waals surface area (Å²) >= 11 is 0. The van der Waals surface area contributed by atoms with Gasteiger partial charge < -0.3 is 20.5 Å². The molecule has 0 saturated heterocycles. The van der Waals surface area contributed by atoms with Gasteiger partial charge in [0.2, 0.25) is 5.91 Å². The predicted molar refractivity (Wildman–Crippen MR) is 101 cm³/mol. The molecule has 136 valence electrons. The van der Waals surface area contributed by atoms with Gasteiger partial charge >= 0.3 is 0 Å². The van der Waals surface area contributed by atoms with Crippen molar-refractivity contribution >= 4 is 18.3 Å². The summed E-state index contributed by atoms with van der Waals surface area (Å²) in [5.74, 6) is 1.07. The number of methoxy groups -OCH3 is 1. The molecule has 0 aliphatic carbocycles. The fourth-order valence-electron chi connectivity index (χ4n) is 2.25. The number of rotatable bonds is 7. The molecule has 2 aromatic rings. The first-order valence-corrected chi connectivity index (χ1v) is 7.90. The molecule has 2 rings (SSSR count). The molecule has 3 N–H and O–H groups in total. The first-order valence-electron chi connectivity index (χ1n) is 7.90. The molecular weight excluding hydrogens is 340 g/mol. The van der Waals surface area contributed by atoms with Crippen molar-refractivity contribution in [3.8, 4) is 11.5 Å². The average molecular weight is 365 g/mol. The lowest BCUT2D eigenvalue weighted by Crippen LogP contribution is -2.39. The highest BCUT2D eigenvalue weighted by atomic mass is 35.5. The molecule has 0 aromatic heterocycles. The Balaban J connectivity index is 0.00000312. The quantitative estimate of drug-likeness (QED) is 0.792. The van der Waals surface area contributed by atoms with Crippen molar-refractivity contribution in [1.29, 1.82) is 0 Å². The highest BCUT2D eigenvalue weighted by Gasteiger charge is 2.17. The largest absolute Gasteiger partial charge is 0.493 e. The van der Waals surface area contributed by atoms with Crippen LogP contribution in [0.25, 0.3) is 0 Å². The SMILES string of the molecule is COc1ccccc1OC(C)CNC(=O)C(N)c1ccc(C)cc1.Cl. The summed E-state index contributed by atoms with van der Waals surface area (Å²) in [6.45, 7) is 4.23. The second kappa shape index (κ2) is 9.91. The average Bonchev–Trinajstić information content (AvgIpc) is 2.60. The number of hydrogen-bond donors (Lipinski definition) is 2. The van der Waals surface area contributed by atoms with Crippen LogP contribution in [0.2, 0.25) is 0 Å². The van der Waals surface area contributed by atoms with Gasteiger partial charge in [0.15, 0.2) is 11.5 Å². The summed E-state index contributed by atoms with van der Waals surface area (Å²) in [5.41, 5.74) is 7.92. The fraction of sp³-hybridized carbons (Fsp3) is 0.316. The van der Waals surface area contributed by atoms with Crippen molar-refractivity contribution in [2.75, 3.05) is 13.7 Å². The van der Waals surface area contributed by atoms with E-state index in [1.54, 1.807) is 7.11 Å². The van der Waals surface area contributed by atoms with E-state index in [-0.39, 0.29) is 24.4 Å². The summed E-state index contributed by atoms with van der Waals surface area (Å²) in [6.07, 6.45) is -0.213. The molecule has 2 unspecified atom stereocenters. The number of nitrogens with one attached hydrogen (secondary N) is 1. The van der Waals surface area contributed by atoms with Crippen molar-refractivity contribution in [3.05, 3.63) is 59.7 Å². The minimum atomic E-state index is -0.691. The summed E-state index contributed by atoms with van der Waals surface area (Å²) < 4.78 is 11.1. The number of aryl methyl sites for hydroxylation is 1. The summed E-state index contributed by atoms with van der Waals surface area (Å²) in [6, 6.07) is 14.3. The van der Waals surface area contributed by atoms with Crippen molar-refractivity contribution in [2.45, 2.75) is 26.0 Å². The zero-order valence-corrected chi connectivity index (χ0v) is 15.5. The van der Waals surface area contributed by atoms with E-state index in [0.717, 1.165) is 11.1 Å². The summed E-state index contributed by atoms with van der Waals surface area (Å²) in [4.78, 5) is 12.2. The van der Waals surface area contributed by atoms with E-state index < -0.39 is 6.04 Å². The Labute approximate surface area is 154 Å². The highest BCUT2D eigenvalue weighted by Crippen LogP contribution is 2.26. The Hall–Kier alpha value is -2.24. The van der Waals surface area contributed by atoms with E-state index >= 15 is 0 Å². The van der Waals surface area contributed by atoms with Gasteiger partial charge in [-0.15, -0.1) is 12.4 Å². The van der Waals surface area contributed by atoms with Gasteiger partial charge in [-0.1, -0.05) is 42.0 Å². The molecule has 0 fully saturated rings. The first-order chi connectivity index (χ1) is 11.5. The van der Waals surface area contributed by atoms with E-state index in [4.69, 9.17) is 15.2 Å². The normalized spacial score (nSPS) is 12.5. The second-order valence-electron chi connectivity index (χ2n) is 5.71. The number of amides is 1. The Morgan fingerprint density at radius 2 is 1.72 bits per heavy atom. The molecule has 0 bridgehead atoms. The molecule has 0 saturated carbocycles.